The third kappa shape index (κ3) is 2.13. The van der Waals surface area contributed by atoms with E-state index in [4.69, 9.17) is 4.74 Å². The molecule has 0 saturated heterocycles. The molecule has 0 fully saturated rings. The molecule has 2 N–H and O–H groups in total. The Morgan fingerprint density at radius 1 is 1.21 bits per heavy atom. The number of fused-ring (bicyclic) bond motifs is 1. The molecule has 0 aliphatic rings. The Morgan fingerprint density at radius 3 is 2.74 bits per heavy atom. The van der Waals surface area contributed by atoms with Crippen molar-refractivity contribution >= 4 is 22.5 Å². The Morgan fingerprint density at radius 2 is 2.00 bits per heavy atom. The summed E-state index contributed by atoms with van der Waals surface area (Å²) in [6.45, 7) is 0. The van der Waals surface area contributed by atoms with Crippen LogP contribution in [0, 0.1) is 0 Å². The first kappa shape index (κ1) is 11.3. The molecule has 1 aromatic carbocycles. The molecule has 0 atom stereocenters. The van der Waals surface area contributed by atoms with Crippen molar-refractivity contribution in [3.05, 3.63) is 30.3 Å². The van der Waals surface area contributed by atoms with Crippen molar-refractivity contribution in [1.82, 2.24) is 15.3 Å². The van der Waals surface area contributed by atoms with Gasteiger partial charge in [0.15, 0.2) is 5.52 Å². The van der Waals surface area contributed by atoms with Gasteiger partial charge in [-0.1, -0.05) is 0 Å². The van der Waals surface area contributed by atoms with Crippen LogP contribution in [0.15, 0.2) is 35.0 Å². The average Bonchev–Trinajstić information content (AvgIpc) is 2.87. The number of pyridine rings is 1. The van der Waals surface area contributed by atoms with Crippen LogP contribution in [0.5, 0.6) is 11.6 Å². The molecule has 7 nitrogen and oxygen atoms in total. The maximum Gasteiger partial charge on any atom is 0.237 e. The monoisotopic (exact) mass is 258 g/mol. The molecule has 0 radical (unpaired) electrons. The first-order valence-corrected chi connectivity index (χ1v) is 5.49. The number of aromatic nitrogens is 3. The topological polar surface area (TPSA) is 93.3 Å². The molecular weight excluding hydrogens is 248 g/mol. The van der Waals surface area contributed by atoms with E-state index >= 15 is 0 Å². The molecular formula is C12H10N4O3. The van der Waals surface area contributed by atoms with Gasteiger partial charge in [0.25, 0.3) is 0 Å². The molecule has 0 aliphatic heterocycles. The summed E-state index contributed by atoms with van der Waals surface area (Å²) in [5.74, 6) is 0.586. The van der Waals surface area contributed by atoms with Crippen molar-refractivity contribution in [2.24, 2.45) is 0 Å². The van der Waals surface area contributed by atoms with Crippen LogP contribution in [0.3, 0.4) is 0 Å². The average molecular weight is 258 g/mol. The first-order chi connectivity index (χ1) is 9.26. The van der Waals surface area contributed by atoms with Gasteiger partial charge in [-0.3, -0.25) is 0 Å². The fourth-order valence-electron chi connectivity index (χ4n) is 1.64. The number of hydrogen-bond acceptors (Lipinski definition) is 7. The highest BCUT2D eigenvalue weighted by atomic mass is 16.6. The normalized spacial score (nSPS) is 10.6. The zero-order valence-electron chi connectivity index (χ0n) is 9.99. The van der Waals surface area contributed by atoms with E-state index < -0.39 is 0 Å². The lowest BCUT2D eigenvalue weighted by atomic mass is 10.3. The van der Waals surface area contributed by atoms with Gasteiger partial charge in [-0.05, 0) is 34.6 Å². The molecule has 0 spiro atoms. The van der Waals surface area contributed by atoms with E-state index in [1.165, 1.54) is 0 Å². The predicted molar refractivity (Wildman–Crippen MR) is 67.5 cm³/mol. The number of aromatic hydroxyl groups is 1. The predicted octanol–water partition coefficient (Wildman–Crippen LogP) is 2.08. The van der Waals surface area contributed by atoms with Crippen molar-refractivity contribution in [2.45, 2.75) is 0 Å². The third-order valence-corrected chi connectivity index (χ3v) is 2.60. The SMILES string of the molecule is COc1ccc(Nc2cc3nonc3nc2O)cc1. The van der Waals surface area contributed by atoms with Crippen molar-refractivity contribution in [3.8, 4) is 11.6 Å². The van der Waals surface area contributed by atoms with Crippen LogP contribution in [-0.4, -0.2) is 27.5 Å². The van der Waals surface area contributed by atoms with Crippen LogP contribution in [-0.2, 0) is 0 Å². The van der Waals surface area contributed by atoms with Crippen LogP contribution < -0.4 is 10.1 Å². The van der Waals surface area contributed by atoms with Crippen molar-refractivity contribution < 1.29 is 14.5 Å². The van der Waals surface area contributed by atoms with E-state index in [0.29, 0.717) is 11.2 Å². The summed E-state index contributed by atoms with van der Waals surface area (Å²) in [5, 5.41) is 20.0. The molecule has 2 aromatic heterocycles. The molecule has 7 heteroatoms. The third-order valence-electron chi connectivity index (χ3n) is 2.60. The summed E-state index contributed by atoms with van der Waals surface area (Å²) >= 11 is 0. The first-order valence-electron chi connectivity index (χ1n) is 5.49. The fraction of sp³-hybridized carbons (Fsp3) is 0.0833. The van der Waals surface area contributed by atoms with Crippen LogP contribution >= 0.6 is 0 Å². The summed E-state index contributed by atoms with van der Waals surface area (Å²) in [4.78, 5) is 3.87. The molecule has 3 rings (SSSR count). The number of anilines is 2. The number of ether oxygens (including phenoxy) is 1. The smallest absolute Gasteiger partial charge is 0.237 e. The van der Waals surface area contributed by atoms with Gasteiger partial charge in [-0.15, -0.1) is 0 Å². The maximum atomic E-state index is 9.78. The minimum atomic E-state index is -0.168. The molecule has 0 unspecified atom stereocenters. The lowest BCUT2D eigenvalue weighted by Crippen LogP contribution is -1.93. The van der Waals surface area contributed by atoms with Gasteiger partial charge in [0.1, 0.15) is 11.4 Å². The van der Waals surface area contributed by atoms with Crippen LogP contribution in [0.25, 0.3) is 11.2 Å². The lowest BCUT2D eigenvalue weighted by Gasteiger charge is -2.07. The van der Waals surface area contributed by atoms with Gasteiger partial charge in [0, 0.05) is 11.8 Å². The standard InChI is InChI=1S/C12H10N4O3/c1-18-8-4-2-7(3-5-8)13-10-6-9-11(14-12(10)17)16-19-15-9/h2-6,13H,1H3,(H,14,16,17). The number of nitrogens with zero attached hydrogens (tertiary/aromatic N) is 3. The molecule has 19 heavy (non-hydrogen) atoms. The highest BCUT2D eigenvalue weighted by molar-refractivity contribution is 5.78. The van der Waals surface area contributed by atoms with Crippen LogP contribution in [0.4, 0.5) is 11.4 Å². The Bertz CT molecular complexity index is 709. The number of rotatable bonds is 3. The van der Waals surface area contributed by atoms with E-state index in [0.717, 1.165) is 11.4 Å². The Balaban J connectivity index is 1.92. The molecule has 0 bridgehead atoms. The van der Waals surface area contributed by atoms with Gasteiger partial charge in [0.05, 0.1) is 7.11 Å². The van der Waals surface area contributed by atoms with Crippen LogP contribution in [0.1, 0.15) is 0 Å². The van der Waals surface area contributed by atoms with Crippen LogP contribution in [0.2, 0.25) is 0 Å². The molecule has 0 amide bonds. The van der Waals surface area contributed by atoms with Crippen molar-refractivity contribution in [2.75, 3.05) is 12.4 Å². The molecule has 0 saturated carbocycles. The summed E-state index contributed by atoms with van der Waals surface area (Å²) in [6.07, 6.45) is 0. The lowest BCUT2D eigenvalue weighted by molar-refractivity contribution is 0.314. The van der Waals surface area contributed by atoms with E-state index in [-0.39, 0.29) is 11.5 Å². The van der Waals surface area contributed by atoms with E-state index in [1.807, 2.05) is 24.3 Å². The summed E-state index contributed by atoms with van der Waals surface area (Å²) in [6, 6.07) is 8.87. The van der Waals surface area contributed by atoms with E-state index in [1.54, 1.807) is 13.2 Å². The zero-order chi connectivity index (χ0) is 13.2. The van der Waals surface area contributed by atoms with Gasteiger partial charge in [0.2, 0.25) is 11.5 Å². The molecule has 0 aliphatic carbocycles. The highest BCUT2D eigenvalue weighted by Crippen LogP contribution is 2.28. The second-order valence-corrected chi connectivity index (χ2v) is 3.82. The van der Waals surface area contributed by atoms with Gasteiger partial charge in [-0.25, -0.2) is 4.63 Å². The minimum absolute atomic E-state index is 0.168. The number of hydrogen-bond donors (Lipinski definition) is 2. The quantitative estimate of drug-likeness (QED) is 0.742. The molecule has 2 heterocycles. The van der Waals surface area contributed by atoms with E-state index in [9.17, 15) is 5.11 Å². The fourth-order valence-corrected chi connectivity index (χ4v) is 1.64. The Labute approximate surface area is 107 Å². The number of benzene rings is 1. The minimum Gasteiger partial charge on any atom is -0.497 e. The van der Waals surface area contributed by atoms with E-state index in [2.05, 4.69) is 25.2 Å². The summed E-state index contributed by atoms with van der Waals surface area (Å²) in [7, 11) is 1.60. The second kappa shape index (κ2) is 4.45. The zero-order valence-corrected chi connectivity index (χ0v) is 9.99. The molecule has 3 aromatic rings. The Hall–Kier alpha value is -2.83. The highest BCUT2D eigenvalue weighted by Gasteiger charge is 2.09. The second-order valence-electron chi connectivity index (χ2n) is 3.82. The van der Waals surface area contributed by atoms with Gasteiger partial charge >= 0.3 is 0 Å². The van der Waals surface area contributed by atoms with Crippen molar-refractivity contribution in [1.29, 1.82) is 0 Å². The van der Waals surface area contributed by atoms with Gasteiger partial charge < -0.3 is 15.2 Å². The maximum absolute atomic E-state index is 9.78. The largest absolute Gasteiger partial charge is 0.497 e. The summed E-state index contributed by atoms with van der Waals surface area (Å²) < 4.78 is 9.61. The van der Waals surface area contributed by atoms with Gasteiger partial charge in [-0.2, -0.15) is 4.98 Å². The molecule has 96 valence electrons. The number of nitrogens with one attached hydrogen (secondary N) is 1. The van der Waals surface area contributed by atoms with Crippen molar-refractivity contribution in [3.63, 3.8) is 0 Å². The summed E-state index contributed by atoms with van der Waals surface area (Å²) in [5.41, 5.74) is 1.94. The number of methoxy groups -OCH3 is 1. The Kier molecular flexibility index (Phi) is 2.64.